The number of rotatable bonds is 2. The molecular weight excluding hydrogens is 260 g/mol. The second-order valence-corrected chi connectivity index (χ2v) is 5.18. The monoisotopic (exact) mass is 272 g/mol. The van der Waals surface area contributed by atoms with Gasteiger partial charge in [0.15, 0.2) is 0 Å². The van der Waals surface area contributed by atoms with Crippen molar-refractivity contribution in [1.29, 1.82) is 5.26 Å². The SMILES string of the molecule is N#CC1CCCC1Oc1ccc(Cl)c2cccnc12. The highest BCUT2D eigenvalue weighted by Crippen LogP contribution is 2.34. The molecule has 0 N–H and O–H groups in total. The third-order valence-electron chi connectivity index (χ3n) is 3.58. The summed E-state index contributed by atoms with van der Waals surface area (Å²) in [6, 6.07) is 9.75. The molecule has 0 bridgehead atoms. The van der Waals surface area contributed by atoms with Crippen LogP contribution in [0.4, 0.5) is 0 Å². The molecule has 0 spiro atoms. The van der Waals surface area contributed by atoms with Gasteiger partial charge < -0.3 is 4.74 Å². The number of fused-ring (bicyclic) bond motifs is 1. The number of aromatic nitrogens is 1. The van der Waals surface area contributed by atoms with E-state index in [1.165, 1.54) is 0 Å². The van der Waals surface area contributed by atoms with Gasteiger partial charge in [-0.1, -0.05) is 11.6 Å². The quantitative estimate of drug-likeness (QED) is 0.831. The molecule has 96 valence electrons. The maximum atomic E-state index is 9.11. The molecule has 1 aromatic heterocycles. The maximum Gasteiger partial charge on any atom is 0.146 e. The molecule has 0 amide bonds. The molecule has 1 saturated carbocycles. The summed E-state index contributed by atoms with van der Waals surface area (Å²) < 4.78 is 6.00. The average Bonchev–Trinajstić information content (AvgIpc) is 2.89. The summed E-state index contributed by atoms with van der Waals surface area (Å²) in [4.78, 5) is 4.34. The molecule has 2 unspecified atom stereocenters. The zero-order valence-corrected chi connectivity index (χ0v) is 11.1. The lowest BCUT2D eigenvalue weighted by Crippen LogP contribution is -2.20. The summed E-state index contributed by atoms with van der Waals surface area (Å²) in [5, 5.41) is 10.7. The van der Waals surface area contributed by atoms with E-state index < -0.39 is 0 Å². The smallest absolute Gasteiger partial charge is 0.146 e. The average molecular weight is 273 g/mol. The number of ether oxygens (including phenoxy) is 1. The van der Waals surface area contributed by atoms with Gasteiger partial charge >= 0.3 is 0 Å². The van der Waals surface area contributed by atoms with Crippen molar-refractivity contribution in [2.45, 2.75) is 25.4 Å². The lowest BCUT2D eigenvalue weighted by Gasteiger charge is -2.17. The molecule has 0 aliphatic heterocycles. The van der Waals surface area contributed by atoms with Crippen LogP contribution in [0.1, 0.15) is 19.3 Å². The Morgan fingerprint density at radius 3 is 3.05 bits per heavy atom. The first kappa shape index (κ1) is 12.3. The molecule has 4 heteroatoms. The molecule has 1 aromatic carbocycles. The van der Waals surface area contributed by atoms with E-state index in [1.807, 2.05) is 24.3 Å². The van der Waals surface area contributed by atoms with Gasteiger partial charge in [0.1, 0.15) is 17.4 Å². The first-order chi connectivity index (χ1) is 9.29. The number of hydrogen-bond acceptors (Lipinski definition) is 3. The Balaban J connectivity index is 1.98. The van der Waals surface area contributed by atoms with Gasteiger partial charge in [0.25, 0.3) is 0 Å². The highest BCUT2D eigenvalue weighted by molar-refractivity contribution is 6.35. The lowest BCUT2D eigenvalue weighted by atomic mass is 10.1. The fourth-order valence-electron chi connectivity index (χ4n) is 2.58. The highest BCUT2D eigenvalue weighted by Gasteiger charge is 2.29. The van der Waals surface area contributed by atoms with E-state index in [-0.39, 0.29) is 12.0 Å². The van der Waals surface area contributed by atoms with Crippen LogP contribution >= 0.6 is 11.6 Å². The van der Waals surface area contributed by atoms with Gasteiger partial charge in [0, 0.05) is 11.6 Å². The topological polar surface area (TPSA) is 45.9 Å². The predicted octanol–water partition coefficient (Wildman–Crippen LogP) is 3.96. The minimum atomic E-state index is -0.0311. The number of nitrogens with zero attached hydrogens (tertiary/aromatic N) is 2. The summed E-state index contributed by atoms with van der Waals surface area (Å²) in [6.45, 7) is 0. The normalized spacial score (nSPS) is 22.3. The van der Waals surface area contributed by atoms with Crippen LogP contribution in [0.15, 0.2) is 30.5 Å². The third-order valence-corrected chi connectivity index (χ3v) is 3.91. The molecule has 1 heterocycles. The van der Waals surface area contributed by atoms with E-state index >= 15 is 0 Å². The van der Waals surface area contributed by atoms with Crippen molar-refractivity contribution < 1.29 is 4.74 Å². The molecular formula is C15H13ClN2O. The minimum Gasteiger partial charge on any atom is -0.487 e. The first-order valence-electron chi connectivity index (χ1n) is 6.39. The number of hydrogen-bond donors (Lipinski definition) is 0. The van der Waals surface area contributed by atoms with Crippen LogP contribution in [0.25, 0.3) is 10.9 Å². The van der Waals surface area contributed by atoms with Crippen LogP contribution in [-0.2, 0) is 0 Å². The molecule has 0 saturated heterocycles. The molecule has 1 aliphatic rings. The molecule has 2 atom stereocenters. The van der Waals surface area contributed by atoms with Crippen LogP contribution in [0.2, 0.25) is 5.02 Å². The van der Waals surface area contributed by atoms with Gasteiger partial charge in [0.2, 0.25) is 0 Å². The van der Waals surface area contributed by atoms with E-state index in [1.54, 1.807) is 6.20 Å². The Morgan fingerprint density at radius 1 is 1.32 bits per heavy atom. The molecule has 0 radical (unpaired) electrons. The Bertz CT molecular complexity index is 650. The summed E-state index contributed by atoms with van der Waals surface area (Å²) in [5.41, 5.74) is 0.763. The standard InChI is InChI=1S/C15H13ClN2O/c16-12-6-7-14(15-11(12)4-2-8-18-15)19-13-5-1-3-10(13)9-17/h2,4,6-8,10,13H,1,3,5H2. The summed E-state index contributed by atoms with van der Waals surface area (Å²) in [7, 11) is 0. The fourth-order valence-corrected chi connectivity index (χ4v) is 2.80. The van der Waals surface area contributed by atoms with E-state index in [0.29, 0.717) is 10.8 Å². The zero-order valence-electron chi connectivity index (χ0n) is 10.3. The lowest BCUT2D eigenvalue weighted by molar-refractivity contribution is 0.185. The molecule has 1 fully saturated rings. The Labute approximate surface area is 116 Å². The van der Waals surface area contributed by atoms with E-state index in [4.69, 9.17) is 21.6 Å². The largest absolute Gasteiger partial charge is 0.487 e. The van der Waals surface area contributed by atoms with Crippen molar-refractivity contribution in [3.8, 4) is 11.8 Å². The van der Waals surface area contributed by atoms with Gasteiger partial charge in [-0.3, -0.25) is 4.98 Å². The number of pyridine rings is 1. The highest BCUT2D eigenvalue weighted by atomic mass is 35.5. The minimum absolute atomic E-state index is 0.0190. The molecule has 2 aromatic rings. The number of nitriles is 1. The van der Waals surface area contributed by atoms with Gasteiger partial charge in [-0.15, -0.1) is 0 Å². The Kier molecular flexibility index (Phi) is 3.27. The molecule has 3 rings (SSSR count). The van der Waals surface area contributed by atoms with Crippen LogP contribution in [0.3, 0.4) is 0 Å². The second-order valence-electron chi connectivity index (χ2n) is 4.77. The molecule has 19 heavy (non-hydrogen) atoms. The van der Waals surface area contributed by atoms with Gasteiger partial charge in [-0.25, -0.2) is 0 Å². The van der Waals surface area contributed by atoms with Gasteiger partial charge in [0.05, 0.1) is 17.0 Å². The first-order valence-corrected chi connectivity index (χ1v) is 6.77. The van der Waals surface area contributed by atoms with Crippen LogP contribution in [0.5, 0.6) is 5.75 Å². The maximum absolute atomic E-state index is 9.11. The van der Waals surface area contributed by atoms with Crippen molar-refractivity contribution in [2.24, 2.45) is 5.92 Å². The van der Waals surface area contributed by atoms with Crippen molar-refractivity contribution in [3.63, 3.8) is 0 Å². The second kappa shape index (κ2) is 5.07. The Hall–Kier alpha value is -1.79. The molecule has 1 aliphatic carbocycles. The summed E-state index contributed by atoms with van der Waals surface area (Å²) >= 11 is 6.15. The summed E-state index contributed by atoms with van der Waals surface area (Å²) in [5.74, 6) is 0.696. The number of halogens is 1. The van der Waals surface area contributed by atoms with Crippen molar-refractivity contribution in [1.82, 2.24) is 4.98 Å². The van der Waals surface area contributed by atoms with Gasteiger partial charge in [-0.05, 0) is 43.5 Å². The van der Waals surface area contributed by atoms with E-state index in [9.17, 15) is 0 Å². The van der Waals surface area contributed by atoms with E-state index in [2.05, 4.69) is 11.1 Å². The Morgan fingerprint density at radius 2 is 2.21 bits per heavy atom. The fraction of sp³-hybridized carbons (Fsp3) is 0.333. The van der Waals surface area contributed by atoms with Crippen LogP contribution in [0, 0.1) is 17.2 Å². The third kappa shape index (κ3) is 2.24. The summed E-state index contributed by atoms with van der Waals surface area (Å²) in [6.07, 6.45) is 4.58. The van der Waals surface area contributed by atoms with Crippen molar-refractivity contribution in [2.75, 3.05) is 0 Å². The van der Waals surface area contributed by atoms with E-state index in [0.717, 1.165) is 30.2 Å². The van der Waals surface area contributed by atoms with Crippen molar-refractivity contribution >= 4 is 22.5 Å². The predicted molar refractivity (Wildman–Crippen MR) is 74.1 cm³/mol. The van der Waals surface area contributed by atoms with Crippen LogP contribution in [-0.4, -0.2) is 11.1 Å². The number of benzene rings is 1. The van der Waals surface area contributed by atoms with Crippen LogP contribution < -0.4 is 4.74 Å². The van der Waals surface area contributed by atoms with Gasteiger partial charge in [-0.2, -0.15) is 5.26 Å². The molecule has 3 nitrogen and oxygen atoms in total. The zero-order chi connectivity index (χ0) is 13.2. The van der Waals surface area contributed by atoms with Crippen molar-refractivity contribution in [3.05, 3.63) is 35.5 Å².